The summed E-state index contributed by atoms with van der Waals surface area (Å²) in [4.78, 5) is 25.4. The van der Waals surface area contributed by atoms with Crippen molar-refractivity contribution in [2.24, 2.45) is 5.92 Å². The van der Waals surface area contributed by atoms with Gasteiger partial charge in [-0.15, -0.1) is 0 Å². The van der Waals surface area contributed by atoms with Crippen molar-refractivity contribution in [1.82, 2.24) is 20.3 Å². The first-order chi connectivity index (χ1) is 20.4. The van der Waals surface area contributed by atoms with Gasteiger partial charge in [0.15, 0.2) is 11.5 Å². The van der Waals surface area contributed by atoms with Crippen LogP contribution in [0, 0.1) is 5.92 Å². The molecule has 1 aromatic heterocycles. The molecule has 0 aliphatic carbocycles. The Kier molecular flexibility index (Phi) is 13.5. The van der Waals surface area contributed by atoms with Gasteiger partial charge in [-0.1, -0.05) is 32.0 Å². The zero-order valence-corrected chi connectivity index (χ0v) is 24.6. The van der Waals surface area contributed by atoms with Crippen molar-refractivity contribution in [2.45, 2.75) is 19.9 Å². The number of anilines is 4. The first kappa shape index (κ1) is 32.3. The SMILES string of the molecule is COc1ccc(Nc2nc(NCCOCCOCCNC(=O)c3ccccc3)nc(N[C@H](CO)C(C)C)n2)cc1OC. The molecule has 0 aliphatic heterocycles. The van der Waals surface area contributed by atoms with Crippen molar-refractivity contribution >= 4 is 29.4 Å². The van der Waals surface area contributed by atoms with Crippen LogP contribution in [-0.2, 0) is 9.47 Å². The number of methoxy groups -OCH3 is 2. The fourth-order valence-corrected chi connectivity index (χ4v) is 3.69. The minimum atomic E-state index is -0.232. The minimum absolute atomic E-state index is 0.0696. The molecule has 3 rings (SSSR count). The van der Waals surface area contributed by atoms with Crippen LogP contribution < -0.4 is 30.7 Å². The average molecular weight is 584 g/mol. The van der Waals surface area contributed by atoms with Gasteiger partial charge in [-0.05, 0) is 30.2 Å². The second-order valence-corrected chi connectivity index (χ2v) is 9.45. The van der Waals surface area contributed by atoms with E-state index in [4.69, 9.17) is 18.9 Å². The standard InChI is InChI=1S/C29H41N7O6/c1-20(2)23(19-37)33-29-35-27(34-28(36-29)32-22-10-11-24(39-3)25(18-22)40-4)31-13-15-42-17-16-41-14-12-30-26(38)21-8-6-5-7-9-21/h5-11,18,20,23,37H,12-17,19H2,1-4H3,(H,30,38)(H3,31,32,33,34,35,36)/t23-/m1/s1. The van der Waals surface area contributed by atoms with Gasteiger partial charge in [0.2, 0.25) is 17.8 Å². The van der Waals surface area contributed by atoms with Crippen molar-refractivity contribution in [1.29, 1.82) is 0 Å². The molecule has 5 N–H and O–H groups in total. The third-order valence-corrected chi connectivity index (χ3v) is 6.06. The van der Waals surface area contributed by atoms with Gasteiger partial charge < -0.3 is 45.3 Å². The van der Waals surface area contributed by atoms with Gasteiger partial charge in [0, 0.05) is 30.4 Å². The lowest BCUT2D eigenvalue weighted by molar-refractivity contribution is 0.0519. The molecule has 0 saturated carbocycles. The van der Waals surface area contributed by atoms with E-state index in [-0.39, 0.29) is 24.5 Å². The summed E-state index contributed by atoms with van der Waals surface area (Å²) < 4.78 is 21.8. The number of aliphatic hydroxyl groups is 1. The topological polar surface area (TPSA) is 161 Å². The molecule has 1 amide bonds. The Labute approximate surface area is 246 Å². The number of amides is 1. The highest BCUT2D eigenvalue weighted by Crippen LogP contribution is 2.30. The number of rotatable bonds is 19. The maximum Gasteiger partial charge on any atom is 0.251 e. The molecular formula is C29H41N7O6. The second-order valence-electron chi connectivity index (χ2n) is 9.45. The van der Waals surface area contributed by atoms with Crippen LogP contribution in [0.25, 0.3) is 0 Å². The van der Waals surface area contributed by atoms with Gasteiger partial charge in [-0.2, -0.15) is 15.0 Å². The molecular weight excluding hydrogens is 542 g/mol. The van der Waals surface area contributed by atoms with E-state index in [0.717, 1.165) is 0 Å². The number of nitrogens with zero attached hydrogens (tertiary/aromatic N) is 3. The van der Waals surface area contributed by atoms with Crippen LogP contribution in [0.4, 0.5) is 23.5 Å². The van der Waals surface area contributed by atoms with Crippen LogP contribution in [-0.4, -0.2) is 92.4 Å². The number of hydrogen-bond acceptors (Lipinski definition) is 12. The lowest BCUT2D eigenvalue weighted by Gasteiger charge is -2.20. The first-order valence-corrected chi connectivity index (χ1v) is 13.8. The smallest absolute Gasteiger partial charge is 0.251 e. The Hall–Kier alpha value is -4.20. The lowest BCUT2D eigenvalue weighted by atomic mass is 10.1. The third-order valence-electron chi connectivity index (χ3n) is 6.06. The number of ether oxygens (including phenoxy) is 4. The predicted octanol–water partition coefficient (Wildman–Crippen LogP) is 2.94. The van der Waals surface area contributed by atoms with Crippen LogP contribution in [0.1, 0.15) is 24.2 Å². The van der Waals surface area contributed by atoms with Crippen LogP contribution >= 0.6 is 0 Å². The van der Waals surface area contributed by atoms with Crippen LogP contribution in [0.5, 0.6) is 11.5 Å². The molecule has 0 spiro atoms. The Balaban J connectivity index is 1.46. The molecule has 0 unspecified atom stereocenters. The fourth-order valence-electron chi connectivity index (χ4n) is 3.69. The molecule has 0 bridgehead atoms. The first-order valence-electron chi connectivity index (χ1n) is 13.8. The molecule has 13 nitrogen and oxygen atoms in total. The molecule has 228 valence electrons. The molecule has 0 saturated heterocycles. The van der Waals surface area contributed by atoms with Crippen LogP contribution in [0.3, 0.4) is 0 Å². The highest BCUT2D eigenvalue weighted by molar-refractivity contribution is 5.94. The van der Waals surface area contributed by atoms with Crippen molar-refractivity contribution in [2.75, 3.05) is 76.3 Å². The van der Waals surface area contributed by atoms with E-state index in [2.05, 4.69) is 36.2 Å². The van der Waals surface area contributed by atoms with E-state index in [1.807, 2.05) is 38.1 Å². The van der Waals surface area contributed by atoms with Crippen molar-refractivity contribution in [3.8, 4) is 11.5 Å². The molecule has 1 heterocycles. The van der Waals surface area contributed by atoms with Crippen LogP contribution in [0.2, 0.25) is 0 Å². The molecule has 0 fully saturated rings. The summed E-state index contributed by atoms with van der Waals surface area (Å²) in [6.45, 7) is 6.37. The summed E-state index contributed by atoms with van der Waals surface area (Å²) in [5.74, 6) is 2.15. The van der Waals surface area contributed by atoms with Gasteiger partial charge in [-0.3, -0.25) is 4.79 Å². The Bertz CT molecular complexity index is 1230. The Morgan fingerprint density at radius 2 is 1.50 bits per heavy atom. The molecule has 1 atom stereocenters. The summed E-state index contributed by atoms with van der Waals surface area (Å²) in [5, 5.41) is 22.1. The Morgan fingerprint density at radius 1 is 0.833 bits per heavy atom. The lowest BCUT2D eigenvalue weighted by Crippen LogP contribution is -2.30. The molecule has 13 heteroatoms. The summed E-state index contributed by atoms with van der Waals surface area (Å²) in [6.07, 6.45) is 0. The normalized spacial score (nSPS) is 11.6. The summed E-state index contributed by atoms with van der Waals surface area (Å²) in [5.41, 5.74) is 1.31. The van der Waals surface area contributed by atoms with E-state index in [0.29, 0.717) is 80.1 Å². The number of hydrogen-bond donors (Lipinski definition) is 5. The monoisotopic (exact) mass is 583 g/mol. The van der Waals surface area contributed by atoms with Gasteiger partial charge in [0.25, 0.3) is 5.91 Å². The molecule has 0 aliphatic rings. The third kappa shape index (κ3) is 10.7. The minimum Gasteiger partial charge on any atom is -0.493 e. The van der Waals surface area contributed by atoms with Crippen molar-refractivity contribution in [3.05, 3.63) is 54.1 Å². The predicted molar refractivity (Wildman–Crippen MR) is 161 cm³/mol. The molecule has 3 aromatic rings. The number of carbonyl (C=O) groups excluding carboxylic acids is 1. The van der Waals surface area contributed by atoms with Crippen LogP contribution in [0.15, 0.2) is 48.5 Å². The number of aliphatic hydroxyl groups excluding tert-OH is 1. The fraction of sp³-hybridized carbons (Fsp3) is 0.448. The number of benzene rings is 2. The molecule has 42 heavy (non-hydrogen) atoms. The number of nitrogens with one attached hydrogen (secondary N) is 4. The van der Waals surface area contributed by atoms with E-state index >= 15 is 0 Å². The van der Waals surface area contributed by atoms with E-state index in [1.165, 1.54) is 0 Å². The largest absolute Gasteiger partial charge is 0.493 e. The number of carbonyl (C=O) groups is 1. The maximum absolute atomic E-state index is 12.0. The molecule has 2 aromatic carbocycles. The highest BCUT2D eigenvalue weighted by atomic mass is 16.5. The van der Waals surface area contributed by atoms with E-state index in [1.54, 1.807) is 38.5 Å². The van der Waals surface area contributed by atoms with E-state index in [9.17, 15) is 9.90 Å². The zero-order valence-electron chi connectivity index (χ0n) is 24.6. The molecule has 0 radical (unpaired) electrons. The number of aromatic nitrogens is 3. The summed E-state index contributed by atoms with van der Waals surface area (Å²) in [7, 11) is 3.14. The highest BCUT2D eigenvalue weighted by Gasteiger charge is 2.16. The maximum atomic E-state index is 12.0. The van der Waals surface area contributed by atoms with Gasteiger partial charge in [0.05, 0.1) is 53.3 Å². The van der Waals surface area contributed by atoms with Gasteiger partial charge in [-0.25, -0.2) is 0 Å². The van der Waals surface area contributed by atoms with Crippen molar-refractivity contribution in [3.63, 3.8) is 0 Å². The van der Waals surface area contributed by atoms with E-state index < -0.39 is 0 Å². The Morgan fingerprint density at radius 3 is 2.17 bits per heavy atom. The summed E-state index contributed by atoms with van der Waals surface area (Å²) >= 11 is 0. The van der Waals surface area contributed by atoms with Gasteiger partial charge >= 0.3 is 0 Å². The van der Waals surface area contributed by atoms with Gasteiger partial charge in [0.1, 0.15) is 0 Å². The second kappa shape index (κ2) is 17.6. The van der Waals surface area contributed by atoms with Crippen molar-refractivity contribution < 1.29 is 28.8 Å². The quantitative estimate of drug-likeness (QED) is 0.131. The summed E-state index contributed by atoms with van der Waals surface area (Å²) in [6, 6.07) is 14.2. The zero-order chi connectivity index (χ0) is 30.2. The average Bonchev–Trinajstić information content (AvgIpc) is 3.00.